The van der Waals surface area contributed by atoms with Crippen LogP contribution in [0, 0.1) is 0 Å². The number of aromatic amines is 1. The van der Waals surface area contributed by atoms with Gasteiger partial charge in [-0.3, -0.25) is 9.89 Å². The average Bonchev–Trinajstić information content (AvgIpc) is 3.13. The minimum Gasteiger partial charge on any atom is -0.351 e. The van der Waals surface area contributed by atoms with Crippen LogP contribution in [-0.2, 0) is 7.05 Å². The van der Waals surface area contributed by atoms with Crippen molar-refractivity contribution in [1.29, 1.82) is 0 Å². The van der Waals surface area contributed by atoms with E-state index in [1.54, 1.807) is 12.4 Å². The molecule has 0 fully saturated rings. The Morgan fingerprint density at radius 1 is 1.43 bits per heavy atom. The van der Waals surface area contributed by atoms with Crippen LogP contribution in [0.25, 0.3) is 11.0 Å². The van der Waals surface area contributed by atoms with Crippen molar-refractivity contribution in [3.63, 3.8) is 0 Å². The van der Waals surface area contributed by atoms with Crippen molar-refractivity contribution in [2.45, 2.75) is 5.16 Å². The number of carbonyl (C=O) groups excluding carboxylic acids is 1. The highest BCUT2D eigenvalue weighted by molar-refractivity contribution is 7.99. The molecule has 2 heterocycles. The number of nitrogens with zero attached hydrogens (tertiary/aromatic N) is 4. The van der Waals surface area contributed by atoms with Gasteiger partial charge in [0.1, 0.15) is 6.33 Å². The Morgan fingerprint density at radius 2 is 2.33 bits per heavy atom. The summed E-state index contributed by atoms with van der Waals surface area (Å²) in [5.41, 5.74) is 2.44. The Bertz CT molecular complexity index is 751. The first-order valence-electron chi connectivity index (χ1n) is 6.41. The number of rotatable bonds is 5. The van der Waals surface area contributed by atoms with Gasteiger partial charge in [0.2, 0.25) is 0 Å². The summed E-state index contributed by atoms with van der Waals surface area (Å²) < 4.78 is 1.92. The number of imidazole rings is 1. The molecule has 0 aliphatic rings. The number of hydrogen-bond donors (Lipinski definition) is 2. The maximum Gasteiger partial charge on any atom is 0.251 e. The molecule has 0 aliphatic heterocycles. The van der Waals surface area contributed by atoms with Gasteiger partial charge in [0.05, 0.1) is 17.4 Å². The molecule has 108 valence electrons. The van der Waals surface area contributed by atoms with Crippen LogP contribution >= 0.6 is 11.8 Å². The number of amides is 1. The molecule has 1 amide bonds. The van der Waals surface area contributed by atoms with E-state index in [1.165, 1.54) is 18.1 Å². The second kappa shape index (κ2) is 5.96. The smallest absolute Gasteiger partial charge is 0.251 e. The lowest BCUT2D eigenvalue weighted by Crippen LogP contribution is -2.25. The second-order valence-corrected chi connectivity index (χ2v) is 5.54. The van der Waals surface area contributed by atoms with E-state index in [9.17, 15) is 4.79 Å². The van der Waals surface area contributed by atoms with Crippen LogP contribution in [0.15, 0.2) is 36.0 Å². The quantitative estimate of drug-likeness (QED) is 0.546. The average molecular weight is 302 g/mol. The zero-order valence-corrected chi connectivity index (χ0v) is 12.2. The first-order chi connectivity index (χ1) is 10.2. The number of benzene rings is 1. The number of carbonyl (C=O) groups is 1. The maximum absolute atomic E-state index is 12.1. The monoisotopic (exact) mass is 302 g/mol. The fourth-order valence-electron chi connectivity index (χ4n) is 1.96. The van der Waals surface area contributed by atoms with Gasteiger partial charge < -0.3 is 9.88 Å². The SMILES string of the molecule is Cn1cnc2cc(C(=O)NCCSc3ncn[nH]3)ccc21. The van der Waals surface area contributed by atoms with Crippen LogP contribution < -0.4 is 5.32 Å². The van der Waals surface area contributed by atoms with E-state index in [-0.39, 0.29) is 5.91 Å². The number of fused-ring (bicyclic) bond motifs is 1. The van der Waals surface area contributed by atoms with Crippen LogP contribution in [0.4, 0.5) is 0 Å². The van der Waals surface area contributed by atoms with Gasteiger partial charge >= 0.3 is 0 Å². The van der Waals surface area contributed by atoms with Gasteiger partial charge in [0, 0.05) is 24.9 Å². The van der Waals surface area contributed by atoms with Gasteiger partial charge in [-0.15, -0.1) is 0 Å². The van der Waals surface area contributed by atoms with Crippen molar-refractivity contribution < 1.29 is 4.79 Å². The molecule has 8 heteroatoms. The minimum absolute atomic E-state index is 0.0966. The van der Waals surface area contributed by atoms with E-state index < -0.39 is 0 Å². The van der Waals surface area contributed by atoms with E-state index in [2.05, 4.69) is 25.5 Å². The number of aryl methyl sites for hydroxylation is 1. The van der Waals surface area contributed by atoms with Crippen LogP contribution in [0.1, 0.15) is 10.4 Å². The Balaban J connectivity index is 1.56. The van der Waals surface area contributed by atoms with Crippen LogP contribution in [0.5, 0.6) is 0 Å². The van der Waals surface area contributed by atoms with Crippen LogP contribution in [0.2, 0.25) is 0 Å². The number of H-pyrrole nitrogens is 1. The largest absolute Gasteiger partial charge is 0.351 e. The number of aromatic nitrogens is 5. The summed E-state index contributed by atoms with van der Waals surface area (Å²) in [7, 11) is 1.93. The Morgan fingerprint density at radius 3 is 3.14 bits per heavy atom. The Hall–Kier alpha value is -2.35. The summed E-state index contributed by atoms with van der Waals surface area (Å²) in [6, 6.07) is 5.51. The molecule has 7 nitrogen and oxygen atoms in total. The van der Waals surface area contributed by atoms with Crippen molar-refractivity contribution in [3.05, 3.63) is 36.4 Å². The standard InChI is InChI=1S/C13H14N6OS/c1-19-8-16-10-6-9(2-3-11(10)19)12(20)14-4-5-21-13-15-7-17-18-13/h2-3,6-8H,4-5H2,1H3,(H,14,20)(H,15,17,18). The zero-order chi connectivity index (χ0) is 14.7. The van der Waals surface area contributed by atoms with Gasteiger partial charge in [0.15, 0.2) is 5.16 Å². The fraction of sp³-hybridized carbons (Fsp3) is 0.231. The van der Waals surface area contributed by atoms with E-state index >= 15 is 0 Å². The van der Waals surface area contributed by atoms with Crippen molar-refractivity contribution in [3.8, 4) is 0 Å². The number of nitrogens with one attached hydrogen (secondary N) is 2. The molecule has 0 saturated heterocycles. The molecule has 0 atom stereocenters. The third-order valence-electron chi connectivity index (χ3n) is 3.01. The summed E-state index contributed by atoms with van der Waals surface area (Å²) in [5, 5.41) is 10.1. The first kappa shape index (κ1) is 13.6. The van der Waals surface area contributed by atoms with Crippen LogP contribution in [0.3, 0.4) is 0 Å². The third-order valence-corrected chi connectivity index (χ3v) is 3.89. The molecule has 0 aliphatic carbocycles. The van der Waals surface area contributed by atoms with Gasteiger partial charge in [-0.05, 0) is 18.2 Å². The predicted octanol–water partition coefficient (Wildman–Crippen LogP) is 1.21. The molecular formula is C13H14N6OS. The highest BCUT2D eigenvalue weighted by Crippen LogP contribution is 2.14. The first-order valence-corrected chi connectivity index (χ1v) is 7.40. The molecule has 3 aromatic rings. The lowest BCUT2D eigenvalue weighted by Gasteiger charge is -2.04. The fourth-order valence-corrected chi connectivity index (χ4v) is 2.59. The van der Waals surface area contributed by atoms with E-state index in [0.29, 0.717) is 12.1 Å². The Kier molecular flexibility index (Phi) is 3.87. The molecule has 3 rings (SSSR count). The molecule has 0 bridgehead atoms. The van der Waals surface area contributed by atoms with Crippen molar-refractivity contribution in [2.75, 3.05) is 12.3 Å². The van der Waals surface area contributed by atoms with Gasteiger partial charge in [-0.1, -0.05) is 11.8 Å². The molecule has 0 unspecified atom stereocenters. The van der Waals surface area contributed by atoms with Gasteiger partial charge in [0.25, 0.3) is 5.91 Å². The highest BCUT2D eigenvalue weighted by atomic mass is 32.2. The Labute approximate surface area is 125 Å². The van der Waals surface area contributed by atoms with Crippen LogP contribution in [-0.4, -0.2) is 42.9 Å². The summed E-state index contributed by atoms with van der Waals surface area (Å²) in [6.07, 6.45) is 3.20. The third kappa shape index (κ3) is 3.05. The van der Waals surface area contributed by atoms with E-state index in [4.69, 9.17) is 0 Å². The predicted molar refractivity (Wildman–Crippen MR) is 80.2 cm³/mol. The van der Waals surface area contributed by atoms with Gasteiger partial charge in [-0.25, -0.2) is 9.97 Å². The summed E-state index contributed by atoms with van der Waals surface area (Å²) in [4.78, 5) is 20.3. The molecule has 0 saturated carbocycles. The highest BCUT2D eigenvalue weighted by Gasteiger charge is 2.08. The maximum atomic E-state index is 12.1. The number of thioether (sulfide) groups is 1. The summed E-state index contributed by atoms with van der Waals surface area (Å²) in [6.45, 7) is 0.560. The van der Waals surface area contributed by atoms with Crippen molar-refractivity contribution in [2.24, 2.45) is 7.05 Å². The molecule has 0 spiro atoms. The molecule has 2 aromatic heterocycles. The van der Waals surface area contributed by atoms with E-state index in [1.807, 2.05) is 23.7 Å². The molecule has 2 N–H and O–H groups in total. The topological polar surface area (TPSA) is 88.5 Å². The lowest BCUT2D eigenvalue weighted by molar-refractivity contribution is 0.0956. The van der Waals surface area contributed by atoms with Crippen molar-refractivity contribution >= 4 is 28.7 Å². The lowest BCUT2D eigenvalue weighted by atomic mass is 10.2. The molecule has 1 aromatic carbocycles. The van der Waals surface area contributed by atoms with Gasteiger partial charge in [-0.2, -0.15) is 5.10 Å². The minimum atomic E-state index is -0.0966. The second-order valence-electron chi connectivity index (χ2n) is 4.45. The van der Waals surface area contributed by atoms with E-state index in [0.717, 1.165) is 21.9 Å². The summed E-state index contributed by atoms with van der Waals surface area (Å²) >= 11 is 1.51. The molecule has 0 radical (unpaired) electrons. The zero-order valence-electron chi connectivity index (χ0n) is 11.4. The molecule has 21 heavy (non-hydrogen) atoms. The van der Waals surface area contributed by atoms with Crippen molar-refractivity contribution in [1.82, 2.24) is 30.0 Å². The normalized spacial score (nSPS) is 10.9. The molecular weight excluding hydrogens is 288 g/mol. The summed E-state index contributed by atoms with van der Waals surface area (Å²) in [5.74, 6) is 0.632. The number of hydrogen-bond acceptors (Lipinski definition) is 5.